The van der Waals surface area contributed by atoms with Crippen molar-refractivity contribution in [3.05, 3.63) is 34.4 Å². The van der Waals surface area contributed by atoms with E-state index in [0.29, 0.717) is 32.1 Å². The predicted octanol–water partition coefficient (Wildman–Crippen LogP) is 5.57. The summed E-state index contributed by atoms with van der Waals surface area (Å²) in [5.74, 6) is -0.175. The van der Waals surface area contributed by atoms with Crippen LogP contribution in [0.2, 0.25) is 0 Å². The fraction of sp³-hybridized carbons (Fsp3) is 0.720. The highest BCUT2D eigenvalue weighted by Gasteiger charge is 2.50. The zero-order valence-electron chi connectivity index (χ0n) is 20.0. The Morgan fingerprint density at radius 2 is 1.74 bits per heavy atom. The maximum Gasteiger partial charge on any atom is 0.416 e. The van der Waals surface area contributed by atoms with Crippen LogP contribution < -0.4 is 5.32 Å². The lowest BCUT2D eigenvalue weighted by Crippen LogP contribution is -2.49. The molecule has 4 nitrogen and oxygen atoms in total. The summed E-state index contributed by atoms with van der Waals surface area (Å²) in [6.45, 7) is 5.16. The van der Waals surface area contributed by atoms with Gasteiger partial charge in [-0.3, -0.25) is 4.79 Å². The van der Waals surface area contributed by atoms with Crippen molar-refractivity contribution in [2.75, 3.05) is 19.8 Å². The first-order valence-corrected chi connectivity index (χ1v) is 12.2. The van der Waals surface area contributed by atoms with E-state index in [1.807, 2.05) is 13.8 Å². The van der Waals surface area contributed by atoms with Gasteiger partial charge in [-0.05, 0) is 67.7 Å². The van der Waals surface area contributed by atoms with E-state index < -0.39 is 28.9 Å². The highest BCUT2D eigenvalue weighted by molar-refractivity contribution is 5.84. The second-order valence-corrected chi connectivity index (χ2v) is 10.4. The molecule has 1 saturated carbocycles. The lowest BCUT2D eigenvalue weighted by Gasteiger charge is -2.40. The van der Waals surface area contributed by atoms with Crippen LogP contribution in [0.4, 0.5) is 26.3 Å². The van der Waals surface area contributed by atoms with Crippen LogP contribution in [0.15, 0.2) is 12.1 Å². The van der Waals surface area contributed by atoms with Gasteiger partial charge in [0.1, 0.15) is 0 Å². The molecule has 4 rings (SSSR count). The molecule has 2 atom stereocenters. The monoisotopic (exact) mass is 506 g/mol. The molecular formula is C25H32F6N2O2. The van der Waals surface area contributed by atoms with Crippen LogP contribution in [0.1, 0.15) is 68.2 Å². The van der Waals surface area contributed by atoms with Crippen molar-refractivity contribution in [1.29, 1.82) is 0 Å². The first kappa shape index (κ1) is 26.3. The van der Waals surface area contributed by atoms with E-state index in [-0.39, 0.29) is 54.6 Å². The minimum Gasteiger partial charge on any atom is -0.381 e. The average Bonchev–Trinajstić information content (AvgIpc) is 3.22. The topological polar surface area (TPSA) is 41.6 Å². The van der Waals surface area contributed by atoms with Gasteiger partial charge in [-0.2, -0.15) is 26.3 Å². The Hall–Kier alpha value is -1.81. The Kier molecular flexibility index (Phi) is 7.18. The molecule has 35 heavy (non-hydrogen) atoms. The molecule has 3 aliphatic rings. The minimum absolute atomic E-state index is 0.00914. The number of nitrogens with one attached hydrogen (secondary N) is 1. The smallest absolute Gasteiger partial charge is 0.381 e. The van der Waals surface area contributed by atoms with E-state index in [4.69, 9.17) is 4.74 Å². The molecule has 0 radical (unpaired) electrons. The summed E-state index contributed by atoms with van der Waals surface area (Å²) in [7, 11) is 0. The second kappa shape index (κ2) is 9.57. The number of carbonyl (C=O) groups excluding carboxylic acids is 1. The number of halogens is 6. The van der Waals surface area contributed by atoms with E-state index in [2.05, 4.69) is 5.32 Å². The lowest BCUT2D eigenvalue weighted by atomic mass is 9.73. The molecule has 1 N–H and O–H groups in total. The molecule has 1 aromatic carbocycles. The van der Waals surface area contributed by atoms with Gasteiger partial charge in [-0.1, -0.05) is 13.8 Å². The van der Waals surface area contributed by atoms with Crippen LogP contribution in [0.5, 0.6) is 0 Å². The van der Waals surface area contributed by atoms with Gasteiger partial charge in [-0.25, -0.2) is 0 Å². The van der Waals surface area contributed by atoms with Crippen molar-refractivity contribution < 1.29 is 35.9 Å². The predicted molar refractivity (Wildman–Crippen MR) is 117 cm³/mol. The van der Waals surface area contributed by atoms with Crippen LogP contribution in [-0.2, 0) is 34.8 Å². The van der Waals surface area contributed by atoms with Gasteiger partial charge in [0.2, 0.25) is 5.91 Å². The maximum absolute atomic E-state index is 13.8. The molecule has 2 fully saturated rings. The van der Waals surface area contributed by atoms with Crippen molar-refractivity contribution in [2.24, 2.45) is 11.3 Å². The van der Waals surface area contributed by atoms with Crippen molar-refractivity contribution >= 4 is 5.91 Å². The fourth-order valence-corrected chi connectivity index (χ4v) is 5.99. The van der Waals surface area contributed by atoms with Crippen LogP contribution >= 0.6 is 0 Å². The largest absolute Gasteiger partial charge is 0.416 e. The summed E-state index contributed by atoms with van der Waals surface area (Å²) < 4.78 is 86.3. The van der Waals surface area contributed by atoms with Crippen molar-refractivity contribution in [2.45, 2.75) is 83.4 Å². The molecule has 0 spiro atoms. The van der Waals surface area contributed by atoms with Gasteiger partial charge in [-0.15, -0.1) is 0 Å². The molecule has 2 unspecified atom stereocenters. The number of benzene rings is 1. The molecule has 0 bridgehead atoms. The Labute approximate surface area is 201 Å². The first-order chi connectivity index (χ1) is 16.3. The summed E-state index contributed by atoms with van der Waals surface area (Å²) in [5.41, 5.74) is -3.48. The average molecular weight is 507 g/mol. The number of hydrogen-bond donors (Lipinski definition) is 1. The van der Waals surface area contributed by atoms with E-state index in [1.165, 1.54) is 4.90 Å². The zero-order chi connectivity index (χ0) is 25.6. The maximum atomic E-state index is 13.8. The van der Waals surface area contributed by atoms with Crippen LogP contribution in [0, 0.1) is 11.3 Å². The number of amides is 1. The number of alkyl halides is 6. The third-order valence-electron chi connectivity index (χ3n) is 8.03. The Morgan fingerprint density at radius 3 is 2.34 bits per heavy atom. The molecule has 1 amide bonds. The quantitative estimate of drug-likeness (QED) is 0.543. The molecule has 1 aromatic rings. The van der Waals surface area contributed by atoms with Gasteiger partial charge in [0, 0.05) is 38.4 Å². The van der Waals surface area contributed by atoms with Crippen molar-refractivity contribution in [3.8, 4) is 0 Å². The lowest BCUT2D eigenvalue weighted by molar-refractivity contribution is -0.146. The summed E-state index contributed by atoms with van der Waals surface area (Å²) in [6, 6.07) is 1.44. The fourth-order valence-electron chi connectivity index (χ4n) is 5.99. The third-order valence-corrected chi connectivity index (χ3v) is 8.03. The zero-order valence-corrected chi connectivity index (χ0v) is 20.0. The summed E-state index contributed by atoms with van der Waals surface area (Å²) in [6.07, 6.45) is -6.05. The standard InChI is InChI=1S/C25H32F6N2O2/c1-15(2)23(7-3-19(13-23)32-18-5-9-35-10-6-18)22(34)33-8-4-20-16(14-33)11-17(24(26,27)28)12-21(20)25(29,30)31/h11-12,15,18-19,32H,3-10,13-14H2,1-2H3. The molecule has 196 valence electrons. The minimum atomic E-state index is -4.91. The third kappa shape index (κ3) is 5.33. The Morgan fingerprint density at radius 1 is 1.06 bits per heavy atom. The van der Waals surface area contributed by atoms with Gasteiger partial charge in [0.15, 0.2) is 0 Å². The van der Waals surface area contributed by atoms with Crippen LogP contribution in [0.25, 0.3) is 0 Å². The molecule has 1 aliphatic carbocycles. The van der Waals surface area contributed by atoms with Crippen molar-refractivity contribution in [3.63, 3.8) is 0 Å². The number of carbonyl (C=O) groups is 1. The van der Waals surface area contributed by atoms with E-state index in [9.17, 15) is 31.1 Å². The summed E-state index contributed by atoms with van der Waals surface area (Å²) in [4.78, 5) is 15.3. The van der Waals surface area contributed by atoms with Gasteiger partial charge >= 0.3 is 12.4 Å². The van der Waals surface area contributed by atoms with Crippen LogP contribution in [-0.4, -0.2) is 42.6 Å². The molecule has 10 heteroatoms. The number of fused-ring (bicyclic) bond motifs is 1. The Bertz CT molecular complexity index is 939. The van der Waals surface area contributed by atoms with E-state index in [1.54, 1.807) is 0 Å². The highest BCUT2D eigenvalue weighted by Crippen LogP contribution is 2.47. The SMILES string of the molecule is CC(C)C1(C(=O)N2CCc3c(cc(C(F)(F)F)cc3C(F)(F)F)C2)CCC(NC2CCOCC2)C1. The van der Waals surface area contributed by atoms with Gasteiger partial charge < -0.3 is 15.0 Å². The number of ether oxygens (including phenoxy) is 1. The molecule has 1 saturated heterocycles. The van der Waals surface area contributed by atoms with E-state index in [0.717, 1.165) is 25.3 Å². The van der Waals surface area contributed by atoms with Gasteiger partial charge in [0.05, 0.1) is 16.5 Å². The number of hydrogen-bond acceptors (Lipinski definition) is 3. The first-order valence-electron chi connectivity index (χ1n) is 12.2. The molecular weight excluding hydrogens is 474 g/mol. The number of nitrogens with zero attached hydrogens (tertiary/aromatic N) is 1. The molecule has 2 aliphatic heterocycles. The normalized spacial score (nSPS) is 26.3. The Balaban J connectivity index is 1.57. The van der Waals surface area contributed by atoms with Crippen molar-refractivity contribution in [1.82, 2.24) is 10.2 Å². The number of rotatable bonds is 4. The summed E-state index contributed by atoms with van der Waals surface area (Å²) in [5, 5.41) is 3.65. The summed E-state index contributed by atoms with van der Waals surface area (Å²) >= 11 is 0. The van der Waals surface area contributed by atoms with Gasteiger partial charge in [0.25, 0.3) is 0 Å². The molecule has 2 heterocycles. The van der Waals surface area contributed by atoms with E-state index >= 15 is 0 Å². The molecule has 0 aromatic heterocycles. The highest BCUT2D eigenvalue weighted by atomic mass is 19.4. The van der Waals surface area contributed by atoms with Crippen LogP contribution in [0.3, 0.4) is 0 Å². The second-order valence-electron chi connectivity index (χ2n) is 10.4.